The number of aromatic nitrogens is 7. The van der Waals surface area contributed by atoms with Crippen LogP contribution in [0.3, 0.4) is 0 Å². The van der Waals surface area contributed by atoms with E-state index in [1.54, 1.807) is 42.6 Å². The Morgan fingerprint density at radius 2 is 1.95 bits per heavy atom. The Balaban J connectivity index is 2.13. The Bertz CT molecular complexity index is 664. The summed E-state index contributed by atoms with van der Waals surface area (Å²) in [5.41, 5.74) is 0.717. The average molecular weight is 254 g/mol. The van der Waals surface area contributed by atoms with E-state index in [1.165, 1.54) is 6.33 Å². The molecule has 0 unspecified atom stereocenters. The number of hydrogen-bond donors (Lipinski definition) is 1. The Hall–Kier alpha value is -2.90. The topological polar surface area (TPSA) is 94.3 Å². The van der Waals surface area contributed by atoms with E-state index < -0.39 is 0 Å². The van der Waals surface area contributed by atoms with Gasteiger partial charge >= 0.3 is 0 Å². The molecule has 0 bridgehead atoms. The van der Waals surface area contributed by atoms with Crippen molar-refractivity contribution in [2.24, 2.45) is 0 Å². The fraction of sp³-hybridized carbons (Fsp3) is 0.0909. The third kappa shape index (κ3) is 2.23. The van der Waals surface area contributed by atoms with Crippen molar-refractivity contribution >= 4 is 5.95 Å². The van der Waals surface area contributed by atoms with Gasteiger partial charge in [-0.15, -0.1) is 0 Å². The third-order valence-corrected chi connectivity index (χ3v) is 2.38. The van der Waals surface area contributed by atoms with Crippen molar-refractivity contribution in [3.8, 4) is 17.3 Å². The number of hydrogen-bond acceptors (Lipinski definition) is 7. The second-order valence-electron chi connectivity index (χ2n) is 3.61. The van der Waals surface area contributed by atoms with E-state index in [4.69, 9.17) is 0 Å². The molecule has 8 nitrogen and oxygen atoms in total. The van der Waals surface area contributed by atoms with E-state index >= 15 is 0 Å². The van der Waals surface area contributed by atoms with Crippen LogP contribution in [0.4, 0.5) is 5.95 Å². The number of nitrogens with one attached hydrogen (secondary N) is 1. The minimum absolute atomic E-state index is 0.434. The normalized spacial score (nSPS) is 10.4. The number of rotatable bonds is 3. The summed E-state index contributed by atoms with van der Waals surface area (Å²) in [5, 5.41) is 7.00. The highest BCUT2D eigenvalue weighted by molar-refractivity contribution is 5.54. The highest BCUT2D eigenvalue weighted by Crippen LogP contribution is 2.14. The van der Waals surface area contributed by atoms with Gasteiger partial charge in [-0.05, 0) is 6.07 Å². The van der Waals surface area contributed by atoms with Crippen molar-refractivity contribution < 1.29 is 0 Å². The van der Waals surface area contributed by atoms with Crippen LogP contribution >= 0.6 is 0 Å². The van der Waals surface area contributed by atoms with Gasteiger partial charge in [0.15, 0.2) is 5.82 Å². The summed E-state index contributed by atoms with van der Waals surface area (Å²) in [6.45, 7) is 0. The predicted octanol–water partition coefficient (Wildman–Crippen LogP) is 0.556. The van der Waals surface area contributed by atoms with Crippen molar-refractivity contribution in [1.82, 2.24) is 34.7 Å². The third-order valence-electron chi connectivity index (χ3n) is 2.38. The first-order valence-electron chi connectivity index (χ1n) is 5.56. The molecule has 0 aliphatic rings. The van der Waals surface area contributed by atoms with Crippen molar-refractivity contribution in [2.45, 2.75) is 0 Å². The molecule has 0 aliphatic carbocycles. The van der Waals surface area contributed by atoms with Gasteiger partial charge in [0.1, 0.15) is 6.33 Å². The second kappa shape index (κ2) is 4.77. The van der Waals surface area contributed by atoms with E-state index in [1.807, 2.05) is 0 Å². The summed E-state index contributed by atoms with van der Waals surface area (Å²) in [6.07, 6.45) is 8.18. The largest absolute Gasteiger partial charge is 0.357 e. The minimum atomic E-state index is 0.434. The Morgan fingerprint density at radius 3 is 2.63 bits per heavy atom. The predicted molar refractivity (Wildman–Crippen MR) is 67.5 cm³/mol. The van der Waals surface area contributed by atoms with Crippen molar-refractivity contribution in [3.63, 3.8) is 0 Å². The van der Waals surface area contributed by atoms with E-state index in [0.717, 1.165) is 5.56 Å². The highest BCUT2D eigenvalue weighted by Gasteiger charge is 2.09. The van der Waals surface area contributed by atoms with Crippen LogP contribution in [0.5, 0.6) is 0 Å². The lowest BCUT2D eigenvalue weighted by Crippen LogP contribution is -2.08. The molecule has 0 aromatic carbocycles. The van der Waals surface area contributed by atoms with Crippen LogP contribution in [0.1, 0.15) is 0 Å². The zero-order chi connectivity index (χ0) is 13.1. The van der Waals surface area contributed by atoms with Crippen LogP contribution in [-0.2, 0) is 0 Å². The summed E-state index contributed by atoms with van der Waals surface area (Å²) >= 11 is 0. The average Bonchev–Trinajstić information content (AvgIpc) is 3.02. The first-order chi connectivity index (χ1) is 9.36. The van der Waals surface area contributed by atoms with Gasteiger partial charge in [0.2, 0.25) is 5.95 Å². The van der Waals surface area contributed by atoms with Crippen LogP contribution in [-0.4, -0.2) is 41.7 Å². The molecule has 0 fully saturated rings. The number of anilines is 1. The van der Waals surface area contributed by atoms with Crippen LogP contribution in [0.15, 0.2) is 37.2 Å². The van der Waals surface area contributed by atoms with Gasteiger partial charge in [-0.1, -0.05) is 0 Å². The van der Waals surface area contributed by atoms with Crippen LogP contribution < -0.4 is 5.32 Å². The quantitative estimate of drug-likeness (QED) is 0.729. The molecule has 3 heterocycles. The lowest BCUT2D eigenvalue weighted by Gasteiger charge is -2.06. The van der Waals surface area contributed by atoms with Crippen molar-refractivity contribution in [2.75, 3.05) is 12.4 Å². The lowest BCUT2D eigenvalue weighted by atomic mass is 10.3. The highest BCUT2D eigenvalue weighted by atomic mass is 15.4. The maximum Gasteiger partial charge on any atom is 0.255 e. The first-order valence-corrected chi connectivity index (χ1v) is 5.56. The molecular weight excluding hydrogens is 244 g/mol. The zero-order valence-electron chi connectivity index (χ0n) is 10.1. The molecule has 0 spiro atoms. The standard InChI is InChI=1S/C11H10N8/c1-12-10-16-9(8-5-13-7-14-6-8)17-11(18-10)19-4-2-3-15-19/h2-7H,1H3,(H,12,16,17,18). The number of nitrogens with zero attached hydrogens (tertiary/aromatic N) is 7. The summed E-state index contributed by atoms with van der Waals surface area (Å²) in [5.74, 6) is 1.38. The van der Waals surface area contributed by atoms with Gasteiger partial charge in [0, 0.05) is 31.8 Å². The molecule has 0 radical (unpaired) electrons. The molecule has 3 rings (SSSR count). The molecule has 0 saturated heterocycles. The van der Waals surface area contributed by atoms with Crippen LogP contribution in [0.2, 0.25) is 0 Å². The monoisotopic (exact) mass is 254 g/mol. The summed E-state index contributed by atoms with van der Waals surface area (Å²) in [4.78, 5) is 20.8. The van der Waals surface area contributed by atoms with Crippen LogP contribution in [0.25, 0.3) is 17.3 Å². The Kier molecular flexibility index (Phi) is 2.81. The fourth-order valence-electron chi connectivity index (χ4n) is 1.51. The molecule has 3 aromatic rings. The van der Waals surface area contributed by atoms with Crippen LogP contribution in [0, 0.1) is 0 Å². The SMILES string of the molecule is CNc1nc(-c2cncnc2)nc(-n2cccn2)n1. The smallest absolute Gasteiger partial charge is 0.255 e. The zero-order valence-corrected chi connectivity index (χ0v) is 10.1. The van der Waals surface area contributed by atoms with Gasteiger partial charge < -0.3 is 5.32 Å². The maximum absolute atomic E-state index is 4.35. The van der Waals surface area contributed by atoms with E-state index in [2.05, 4.69) is 35.3 Å². The molecule has 8 heteroatoms. The Morgan fingerprint density at radius 1 is 1.11 bits per heavy atom. The molecule has 94 valence electrons. The molecule has 0 aliphatic heterocycles. The molecule has 1 N–H and O–H groups in total. The van der Waals surface area contributed by atoms with E-state index in [9.17, 15) is 0 Å². The van der Waals surface area contributed by atoms with Gasteiger partial charge in [-0.2, -0.15) is 20.1 Å². The molecule has 19 heavy (non-hydrogen) atoms. The fourth-order valence-corrected chi connectivity index (χ4v) is 1.51. The molecule has 3 aromatic heterocycles. The van der Waals surface area contributed by atoms with Gasteiger partial charge in [-0.3, -0.25) is 0 Å². The Labute approximate surface area is 108 Å². The summed E-state index contributed by atoms with van der Waals surface area (Å²) < 4.78 is 1.57. The minimum Gasteiger partial charge on any atom is -0.357 e. The summed E-state index contributed by atoms with van der Waals surface area (Å²) in [6, 6.07) is 1.80. The molecule has 0 amide bonds. The van der Waals surface area contributed by atoms with Crippen molar-refractivity contribution in [1.29, 1.82) is 0 Å². The summed E-state index contributed by atoms with van der Waals surface area (Å²) in [7, 11) is 1.74. The molecule has 0 atom stereocenters. The molecular formula is C11H10N8. The van der Waals surface area contributed by atoms with Gasteiger partial charge in [0.25, 0.3) is 5.95 Å². The lowest BCUT2D eigenvalue weighted by molar-refractivity contribution is 0.799. The van der Waals surface area contributed by atoms with E-state index in [-0.39, 0.29) is 0 Å². The van der Waals surface area contributed by atoms with E-state index in [0.29, 0.717) is 17.7 Å². The molecule has 0 saturated carbocycles. The van der Waals surface area contributed by atoms with Crippen molar-refractivity contribution in [3.05, 3.63) is 37.2 Å². The maximum atomic E-state index is 4.35. The van der Waals surface area contributed by atoms with Gasteiger partial charge in [0.05, 0.1) is 5.56 Å². The van der Waals surface area contributed by atoms with Gasteiger partial charge in [-0.25, -0.2) is 14.6 Å². The second-order valence-corrected chi connectivity index (χ2v) is 3.61. The first kappa shape index (κ1) is 11.2.